The fourth-order valence-corrected chi connectivity index (χ4v) is 4.90. The molecule has 0 aromatic heterocycles. The monoisotopic (exact) mass is 447 g/mol. The van der Waals surface area contributed by atoms with Gasteiger partial charge in [-0.2, -0.15) is 0 Å². The van der Waals surface area contributed by atoms with E-state index in [9.17, 15) is 9.59 Å². The van der Waals surface area contributed by atoms with E-state index >= 15 is 0 Å². The average Bonchev–Trinajstić information content (AvgIpc) is 3.51. The standard InChI is InChI=1S/C26H22ClNO4/c1-2-31-24(30)26-16-25(26,23(29)17-12-14-18(27)15-13-17)22(28-19-8-4-3-5-9-19)20-10-6-7-11-21(20)32-26/h3-15,22,28H,2,16H2,1H3/t22-,25+,26-/m1/s1. The molecule has 0 saturated heterocycles. The first-order chi connectivity index (χ1) is 15.5. The highest BCUT2D eigenvalue weighted by atomic mass is 35.5. The number of carbonyl (C=O) groups is 2. The molecular weight excluding hydrogens is 426 g/mol. The molecule has 3 atom stereocenters. The summed E-state index contributed by atoms with van der Waals surface area (Å²) in [4.78, 5) is 27.2. The summed E-state index contributed by atoms with van der Waals surface area (Å²) in [7, 11) is 0. The van der Waals surface area contributed by atoms with Crippen molar-refractivity contribution in [3.8, 4) is 5.75 Å². The molecule has 3 aromatic rings. The van der Waals surface area contributed by atoms with E-state index in [1.165, 1.54) is 0 Å². The second-order valence-corrected chi connectivity index (χ2v) is 8.55. The molecule has 0 amide bonds. The Kier molecular flexibility index (Phi) is 4.94. The van der Waals surface area contributed by atoms with Crippen molar-refractivity contribution >= 4 is 29.0 Å². The van der Waals surface area contributed by atoms with Gasteiger partial charge in [0, 0.05) is 28.3 Å². The highest BCUT2D eigenvalue weighted by molar-refractivity contribution is 6.30. The lowest BCUT2D eigenvalue weighted by atomic mass is 9.78. The van der Waals surface area contributed by atoms with Gasteiger partial charge in [0.05, 0.1) is 12.6 Å². The zero-order valence-corrected chi connectivity index (χ0v) is 18.3. The SMILES string of the molecule is CCOC(=O)[C@]12C[C@@]1(C(=O)c1ccc(Cl)cc1)[C@H](Nc1ccccc1)c1ccccc1O2. The third-order valence-corrected chi connectivity index (χ3v) is 6.58. The molecule has 0 bridgehead atoms. The first-order valence-electron chi connectivity index (χ1n) is 10.6. The van der Waals surface area contributed by atoms with Crippen LogP contribution in [0, 0.1) is 5.41 Å². The average molecular weight is 448 g/mol. The van der Waals surface area contributed by atoms with Crippen LogP contribution in [0.25, 0.3) is 0 Å². The minimum absolute atomic E-state index is 0.176. The molecule has 1 aliphatic carbocycles. The lowest BCUT2D eigenvalue weighted by Crippen LogP contribution is -2.48. The van der Waals surface area contributed by atoms with Crippen molar-refractivity contribution in [1.29, 1.82) is 0 Å². The van der Waals surface area contributed by atoms with Gasteiger partial charge in [-0.15, -0.1) is 0 Å². The molecule has 2 aliphatic rings. The summed E-state index contributed by atoms with van der Waals surface area (Å²) in [5.41, 5.74) is -0.390. The third-order valence-electron chi connectivity index (χ3n) is 6.33. The molecule has 1 N–H and O–H groups in total. The first-order valence-corrected chi connectivity index (χ1v) is 11.0. The van der Waals surface area contributed by atoms with Gasteiger partial charge >= 0.3 is 5.97 Å². The van der Waals surface area contributed by atoms with Crippen molar-refractivity contribution in [3.63, 3.8) is 0 Å². The number of anilines is 1. The number of esters is 1. The lowest BCUT2D eigenvalue weighted by molar-refractivity contribution is -0.156. The zero-order chi connectivity index (χ0) is 22.3. The summed E-state index contributed by atoms with van der Waals surface area (Å²) in [6, 6.07) is 23.4. The number of ether oxygens (including phenoxy) is 2. The molecule has 5 nitrogen and oxygen atoms in total. The molecule has 6 heteroatoms. The van der Waals surface area contributed by atoms with Gasteiger partial charge in [-0.05, 0) is 49.4 Å². The highest BCUT2D eigenvalue weighted by Gasteiger charge is 2.84. The van der Waals surface area contributed by atoms with Crippen molar-refractivity contribution < 1.29 is 19.1 Å². The van der Waals surface area contributed by atoms with Crippen LogP contribution in [-0.4, -0.2) is 24.0 Å². The van der Waals surface area contributed by atoms with Crippen LogP contribution >= 0.6 is 11.6 Å². The summed E-state index contributed by atoms with van der Waals surface area (Å²) in [5, 5.41) is 4.06. The van der Waals surface area contributed by atoms with Gasteiger partial charge in [0.25, 0.3) is 0 Å². The Balaban J connectivity index is 1.68. The number of fused-ring (bicyclic) bond motifs is 2. The minimum Gasteiger partial charge on any atom is -0.474 e. The van der Waals surface area contributed by atoms with Crippen LogP contribution in [0.15, 0.2) is 78.9 Å². The number of ketones is 1. The van der Waals surface area contributed by atoms with E-state index in [-0.39, 0.29) is 18.8 Å². The van der Waals surface area contributed by atoms with Crippen LogP contribution in [0.1, 0.15) is 35.3 Å². The minimum atomic E-state index is -1.39. The summed E-state index contributed by atoms with van der Waals surface area (Å²) < 4.78 is 11.7. The first kappa shape index (κ1) is 20.6. The van der Waals surface area contributed by atoms with E-state index in [4.69, 9.17) is 21.1 Å². The van der Waals surface area contributed by atoms with Gasteiger partial charge in [-0.1, -0.05) is 48.0 Å². The highest BCUT2D eigenvalue weighted by Crippen LogP contribution is 2.71. The Morgan fingerprint density at radius 3 is 2.44 bits per heavy atom. The number of halogens is 1. The van der Waals surface area contributed by atoms with E-state index in [1.54, 1.807) is 31.2 Å². The van der Waals surface area contributed by atoms with Gasteiger partial charge in [-0.25, -0.2) is 4.79 Å². The van der Waals surface area contributed by atoms with Crippen molar-refractivity contribution in [2.45, 2.75) is 25.0 Å². The molecule has 1 fully saturated rings. The van der Waals surface area contributed by atoms with Crippen LogP contribution in [0.3, 0.4) is 0 Å². The largest absolute Gasteiger partial charge is 0.474 e. The second kappa shape index (κ2) is 7.68. The molecule has 0 radical (unpaired) electrons. The Labute approximate surface area is 191 Å². The fraction of sp³-hybridized carbons (Fsp3) is 0.231. The predicted molar refractivity (Wildman–Crippen MR) is 122 cm³/mol. The molecule has 0 spiro atoms. The van der Waals surface area contributed by atoms with Crippen LogP contribution < -0.4 is 10.1 Å². The molecule has 0 unspecified atom stereocenters. The maximum absolute atomic E-state index is 14.0. The second-order valence-electron chi connectivity index (χ2n) is 8.11. The molecular formula is C26H22ClNO4. The molecule has 1 saturated carbocycles. The summed E-state index contributed by atoms with van der Waals surface area (Å²) in [6.45, 7) is 1.95. The fourth-order valence-electron chi connectivity index (χ4n) is 4.78. The Bertz CT molecular complexity index is 1180. The zero-order valence-electron chi connectivity index (χ0n) is 17.5. The molecule has 32 heavy (non-hydrogen) atoms. The number of carbonyl (C=O) groups excluding carboxylic acids is 2. The van der Waals surface area contributed by atoms with Gasteiger partial charge in [0.2, 0.25) is 5.60 Å². The van der Waals surface area contributed by atoms with Crippen LogP contribution in [0.5, 0.6) is 5.75 Å². The summed E-state index contributed by atoms with van der Waals surface area (Å²) in [5.74, 6) is -0.118. The number of hydrogen-bond acceptors (Lipinski definition) is 5. The van der Waals surface area contributed by atoms with E-state index in [1.807, 2.05) is 54.6 Å². The van der Waals surface area contributed by atoms with Crippen molar-refractivity contribution in [2.24, 2.45) is 5.41 Å². The van der Waals surface area contributed by atoms with Gasteiger partial charge < -0.3 is 14.8 Å². The molecule has 162 valence electrons. The maximum Gasteiger partial charge on any atom is 0.351 e. The Morgan fingerprint density at radius 2 is 1.72 bits per heavy atom. The van der Waals surface area contributed by atoms with E-state index in [0.717, 1.165) is 11.3 Å². The third kappa shape index (κ3) is 3.00. The molecule has 1 heterocycles. The van der Waals surface area contributed by atoms with Crippen molar-refractivity contribution in [3.05, 3.63) is 95.0 Å². The van der Waals surface area contributed by atoms with Crippen LogP contribution in [0.2, 0.25) is 5.02 Å². The normalized spacial score (nSPS) is 25.0. The van der Waals surface area contributed by atoms with Gasteiger partial charge in [0.15, 0.2) is 5.78 Å². The summed E-state index contributed by atoms with van der Waals surface area (Å²) in [6.07, 6.45) is 0.222. The Morgan fingerprint density at radius 1 is 1.03 bits per heavy atom. The summed E-state index contributed by atoms with van der Waals surface area (Å²) >= 11 is 6.05. The van der Waals surface area contributed by atoms with Crippen molar-refractivity contribution in [1.82, 2.24) is 0 Å². The van der Waals surface area contributed by atoms with Crippen LogP contribution in [-0.2, 0) is 9.53 Å². The van der Waals surface area contributed by atoms with Gasteiger partial charge in [0.1, 0.15) is 11.2 Å². The smallest absolute Gasteiger partial charge is 0.351 e. The molecule has 3 aromatic carbocycles. The Hall–Kier alpha value is -3.31. The lowest BCUT2D eigenvalue weighted by Gasteiger charge is -2.38. The number of rotatable bonds is 6. The van der Waals surface area contributed by atoms with E-state index in [2.05, 4.69) is 5.32 Å². The topological polar surface area (TPSA) is 64.6 Å². The van der Waals surface area contributed by atoms with Crippen LogP contribution in [0.4, 0.5) is 5.69 Å². The number of para-hydroxylation sites is 2. The number of Topliss-reactive ketones (excluding diaryl/α,β-unsaturated/α-hetero) is 1. The number of benzene rings is 3. The molecule has 1 aliphatic heterocycles. The van der Waals surface area contributed by atoms with E-state index < -0.39 is 23.0 Å². The van der Waals surface area contributed by atoms with E-state index in [0.29, 0.717) is 16.3 Å². The quantitative estimate of drug-likeness (QED) is 0.401. The number of nitrogens with one attached hydrogen (secondary N) is 1. The van der Waals surface area contributed by atoms with Crippen molar-refractivity contribution in [2.75, 3.05) is 11.9 Å². The van der Waals surface area contributed by atoms with Gasteiger partial charge in [-0.3, -0.25) is 4.79 Å². The maximum atomic E-state index is 14.0. The molecule has 5 rings (SSSR count). The number of hydrogen-bond donors (Lipinski definition) is 1. The predicted octanol–water partition coefficient (Wildman–Crippen LogP) is 5.46.